The molecule has 0 aliphatic heterocycles. The number of aromatic nitrogens is 1. The van der Waals surface area contributed by atoms with Crippen LogP contribution in [0.4, 0.5) is 5.69 Å². The summed E-state index contributed by atoms with van der Waals surface area (Å²) in [6.45, 7) is 4.36. The topological polar surface area (TPSA) is 51.2 Å². The van der Waals surface area contributed by atoms with Gasteiger partial charge in [0.05, 0.1) is 18.2 Å². The standard InChI is InChI=1S/C20H19ClN2O2S/c1-13(2)25-19(24)16-5-3-4-15(10-16)14-6-8-17(9-7-14)22-11-18-12-23-20(21)26-18/h3-10,12-13,22H,11H2,1-2H3. The second kappa shape index (κ2) is 8.34. The number of carbonyl (C=O) groups excluding carboxylic acids is 1. The van der Waals surface area contributed by atoms with E-state index in [4.69, 9.17) is 16.3 Å². The highest BCUT2D eigenvalue weighted by Gasteiger charge is 2.10. The van der Waals surface area contributed by atoms with Crippen LogP contribution in [-0.4, -0.2) is 17.1 Å². The van der Waals surface area contributed by atoms with Gasteiger partial charge in [0, 0.05) is 16.8 Å². The van der Waals surface area contributed by atoms with Crippen LogP contribution in [-0.2, 0) is 11.3 Å². The predicted octanol–water partition coefficient (Wildman–Crippen LogP) is 5.64. The average Bonchev–Trinajstić information content (AvgIpc) is 3.05. The summed E-state index contributed by atoms with van der Waals surface area (Å²) in [5, 5.41) is 3.34. The van der Waals surface area contributed by atoms with Crippen molar-refractivity contribution in [3.8, 4) is 11.1 Å². The van der Waals surface area contributed by atoms with E-state index in [1.165, 1.54) is 11.3 Å². The van der Waals surface area contributed by atoms with Crippen molar-refractivity contribution in [2.45, 2.75) is 26.5 Å². The van der Waals surface area contributed by atoms with E-state index in [0.29, 0.717) is 16.6 Å². The fraction of sp³-hybridized carbons (Fsp3) is 0.200. The van der Waals surface area contributed by atoms with E-state index in [2.05, 4.69) is 10.3 Å². The van der Waals surface area contributed by atoms with Crippen LogP contribution in [0.2, 0.25) is 4.47 Å². The van der Waals surface area contributed by atoms with Crippen molar-refractivity contribution in [2.24, 2.45) is 0 Å². The van der Waals surface area contributed by atoms with Gasteiger partial charge in [0.15, 0.2) is 4.47 Å². The third kappa shape index (κ3) is 4.84. The number of thiazole rings is 1. The minimum Gasteiger partial charge on any atom is -0.459 e. The Labute approximate surface area is 161 Å². The van der Waals surface area contributed by atoms with Crippen LogP contribution >= 0.6 is 22.9 Å². The number of carbonyl (C=O) groups is 1. The quantitative estimate of drug-likeness (QED) is 0.557. The van der Waals surface area contributed by atoms with Crippen LogP contribution in [0.3, 0.4) is 0 Å². The lowest BCUT2D eigenvalue weighted by Gasteiger charge is -2.10. The maximum Gasteiger partial charge on any atom is 0.338 e. The summed E-state index contributed by atoms with van der Waals surface area (Å²) in [7, 11) is 0. The number of rotatable bonds is 6. The van der Waals surface area contributed by atoms with Crippen molar-refractivity contribution in [1.82, 2.24) is 4.98 Å². The smallest absolute Gasteiger partial charge is 0.338 e. The Balaban J connectivity index is 1.69. The molecule has 0 radical (unpaired) electrons. The predicted molar refractivity (Wildman–Crippen MR) is 107 cm³/mol. The minimum atomic E-state index is -0.302. The summed E-state index contributed by atoms with van der Waals surface area (Å²) < 4.78 is 5.81. The number of esters is 1. The summed E-state index contributed by atoms with van der Waals surface area (Å²) in [5.41, 5.74) is 3.58. The molecule has 0 aliphatic rings. The molecule has 3 rings (SSSR count). The molecule has 0 saturated heterocycles. The van der Waals surface area contributed by atoms with Crippen molar-refractivity contribution < 1.29 is 9.53 Å². The van der Waals surface area contributed by atoms with Gasteiger partial charge in [0.2, 0.25) is 0 Å². The van der Waals surface area contributed by atoms with E-state index in [1.54, 1.807) is 12.3 Å². The fourth-order valence-electron chi connectivity index (χ4n) is 2.44. The summed E-state index contributed by atoms with van der Waals surface area (Å²) in [5.74, 6) is -0.302. The molecule has 0 bridgehead atoms. The molecule has 1 aromatic heterocycles. The Morgan fingerprint density at radius 2 is 1.96 bits per heavy atom. The van der Waals surface area contributed by atoms with Crippen molar-refractivity contribution in [3.63, 3.8) is 0 Å². The Morgan fingerprint density at radius 1 is 1.19 bits per heavy atom. The number of nitrogens with one attached hydrogen (secondary N) is 1. The van der Waals surface area contributed by atoms with Crippen molar-refractivity contribution >= 4 is 34.6 Å². The first kappa shape index (κ1) is 18.4. The molecule has 1 N–H and O–H groups in total. The van der Waals surface area contributed by atoms with Gasteiger partial charge in [-0.05, 0) is 49.2 Å². The summed E-state index contributed by atoms with van der Waals surface area (Å²) >= 11 is 7.30. The largest absolute Gasteiger partial charge is 0.459 e. The first-order valence-electron chi connectivity index (χ1n) is 8.27. The van der Waals surface area contributed by atoms with Crippen LogP contribution in [0, 0.1) is 0 Å². The van der Waals surface area contributed by atoms with E-state index in [1.807, 2.05) is 56.3 Å². The van der Waals surface area contributed by atoms with Crippen LogP contribution in [0.1, 0.15) is 29.1 Å². The number of ether oxygens (including phenoxy) is 1. The number of hydrogen-bond donors (Lipinski definition) is 1. The number of halogens is 1. The third-order valence-corrected chi connectivity index (χ3v) is 4.77. The van der Waals surface area contributed by atoms with Crippen LogP contribution in [0.25, 0.3) is 11.1 Å². The lowest BCUT2D eigenvalue weighted by Crippen LogP contribution is -2.11. The number of nitrogens with zero attached hydrogens (tertiary/aromatic N) is 1. The highest BCUT2D eigenvalue weighted by Crippen LogP contribution is 2.24. The molecule has 0 fully saturated rings. The molecule has 2 aromatic carbocycles. The summed E-state index contributed by atoms with van der Waals surface area (Å²) in [6.07, 6.45) is 1.64. The third-order valence-electron chi connectivity index (χ3n) is 3.65. The Kier molecular flexibility index (Phi) is 5.91. The maximum absolute atomic E-state index is 12.1. The molecule has 0 saturated carbocycles. The highest BCUT2D eigenvalue weighted by molar-refractivity contribution is 7.15. The van der Waals surface area contributed by atoms with Crippen molar-refractivity contribution in [3.05, 3.63) is 69.6 Å². The number of anilines is 1. The van der Waals surface area contributed by atoms with Crippen LogP contribution in [0.15, 0.2) is 54.7 Å². The van der Waals surface area contributed by atoms with Gasteiger partial charge in [0.1, 0.15) is 0 Å². The second-order valence-electron chi connectivity index (χ2n) is 6.05. The Hall–Kier alpha value is -2.37. The molecule has 26 heavy (non-hydrogen) atoms. The number of hydrogen-bond acceptors (Lipinski definition) is 5. The first-order valence-corrected chi connectivity index (χ1v) is 9.46. The minimum absolute atomic E-state index is 0.134. The van der Waals surface area contributed by atoms with E-state index >= 15 is 0 Å². The molecule has 4 nitrogen and oxygen atoms in total. The molecular weight excluding hydrogens is 368 g/mol. The SMILES string of the molecule is CC(C)OC(=O)c1cccc(-c2ccc(NCc3cnc(Cl)s3)cc2)c1. The molecule has 3 aromatic rings. The molecular formula is C20H19ClN2O2S. The van der Waals surface area contributed by atoms with Crippen molar-refractivity contribution in [2.75, 3.05) is 5.32 Å². The Bertz CT molecular complexity index is 891. The monoisotopic (exact) mass is 386 g/mol. The zero-order valence-electron chi connectivity index (χ0n) is 14.5. The molecule has 0 aliphatic carbocycles. The average molecular weight is 387 g/mol. The van der Waals surface area contributed by atoms with Gasteiger partial charge in [-0.25, -0.2) is 9.78 Å². The zero-order valence-corrected chi connectivity index (χ0v) is 16.1. The molecule has 0 amide bonds. The Morgan fingerprint density at radius 3 is 2.62 bits per heavy atom. The lowest BCUT2D eigenvalue weighted by molar-refractivity contribution is 0.0378. The van der Waals surface area contributed by atoms with Gasteiger partial charge in [-0.2, -0.15) is 0 Å². The normalized spacial score (nSPS) is 10.8. The van der Waals surface area contributed by atoms with Crippen molar-refractivity contribution in [1.29, 1.82) is 0 Å². The van der Waals surface area contributed by atoms with Gasteiger partial charge in [-0.1, -0.05) is 35.9 Å². The van der Waals surface area contributed by atoms with E-state index in [-0.39, 0.29) is 12.1 Å². The van der Waals surface area contributed by atoms with Gasteiger partial charge < -0.3 is 10.1 Å². The maximum atomic E-state index is 12.1. The van der Waals surface area contributed by atoms with Gasteiger partial charge in [-0.15, -0.1) is 11.3 Å². The molecule has 6 heteroatoms. The van der Waals surface area contributed by atoms with Gasteiger partial charge >= 0.3 is 5.97 Å². The van der Waals surface area contributed by atoms with E-state index < -0.39 is 0 Å². The molecule has 0 atom stereocenters. The molecule has 134 valence electrons. The molecule has 1 heterocycles. The summed E-state index contributed by atoms with van der Waals surface area (Å²) in [6, 6.07) is 15.5. The molecule has 0 spiro atoms. The van der Waals surface area contributed by atoms with E-state index in [0.717, 1.165) is 21.7 Å². The fourth-order valence-corrected chi connectivity index (χ4v) is 3.36. The van der Waals surface area contributed by atoms with E-state index in [9.17, 15) is 4.79 Å². The first-order chi connectivity index (χ1) is 12.5. The number of benzene rings is 2. The van der Waals surface area contributed by atoms with Crippen LogP contribution in [0.5, 0.6) is 0 Å². The highest BCUT2D eigenvalue weighted by atomic mass is 35.5. The second-order valence-corrected chi connectivity index (χ2v) is 7.74. The zero-order chi connectivity index (χ0) is 18.5. The molecule has 0 unspecified atom stereocenters. The van der Waals surface area contributed by atoms with Gasteiger partial charge in [0.25, 0.3) is 0 Å². The van der Waals surface area contributed by atoms with Gasteiger partial charge in [-0.3, -0.25) is 0 Å². The summed E-state index contributed by atoms with van der Waals surface area (Å²) in [4.78, 5) is 17.2. The lowest BCUT2D eigenvalue weighted by atomic mass is 10.0. The van der Waals surface area contributed by atoms with Crippen LogP contribution < -0.4 is 5.32 Å².